The van der Waals surface area contributed by atoms with Crippen LogP contribution in [0.15, 0.2) is 18.2 Å². The van der Waals surface area contributed by atoms with Gasteiger partial charge < -0.3 is 15.4 Å². The van der Waals surface area contributed by atoms with Gasteiger partial charge in [-0.2, -0.15) is 0 Å². The Bertz CT molecular complexity index is 458. The standard InChI is InChI=1S/C16H26N2O2/c1-10(2)18-16(19)13(5)20-15-8-7-14(9-11(15)3)12(4)17-6/h7-10,12-13,17H,1-6H3,(H,18,19). The van der Waals surface area contributed by atoms with Crippen molar-refractivity contribution in [2.75, 3.05) is 7.05 Å². The summed E-state index contributed by atoms with van der Waals surface area (Å²) in [4.78, 5) is 11.8. The summed E-state index contributed by atoms with van der Waals surface area (Å²) in [5, 5.41) is 6.05. The van der Waals surface area contributed by atoms with Crippen LogP contribution in [0.3, 0.4) is 0 Å². The lowest BCUT2D eigenvalue weighted by Gasteiger charge is -2.19. The minimum Gasteiger partial charge on any atom is -0.481 e. The van der Waals surface area contributed by atoms with Gasteiger partial charge in [0.2, 0.25) is 0 Å². The molecule has 4 nitrogen and oxygen atoms in total. The number of amides is 1. The minimum atomic E-state index is -0.497. The number of benzene rings is 1. The smallest absolute Gasteiger partial charge is 0.260 e. The van der Waals surface area contributed by atoms with Crippen molar-refractivity contribution in [1.82, 2.24) is 10.6 Å². The molecule has 0 saturated carbocycles. The summed E-state index contributed by atoms with van der Waals surface area (Å²) >= 11 is 0. The molecule has 1 rings (SSSR count). The van der Waals surface area contributed by atoms with Crippen LogP contribution >= 0.6 is 0 Å². The van der Waals surface area contributed by atoms with Crippen LogP contribution in [0.1, 0.15) is 44.9 Å². The third-order valence-corrected chi connectivity index (χ3v) is 3.24. The van der Waals surface area contributed by atoms with Crippen molar-refractivity contribution in [3.05, 3.63) is 29.3 Å². The zero-order chi connectivity index (χ0) is 15.3. The lowest BCUT2D eigenvalue weighted by atomic mass is 10.1. The van der Waals surface area contributed by atoms with E-state index in [1.54, 1.807) is 6.92 Å². The zero-order valence-corrected chi connectivity index (χ0v) is 13.3. The number of nitrogens with one attached hydrogen (secondary N) is 2. The van der Waals surface area contributed by atoms with Gasteiger partial charge in [0.1, 0.15) is 5.75 Å². The van der Waals surface area contributed by atoms with E-state index in [4.69, 9.17) is 4.74 Å². The van der Waals surface area contributed by atoms with Gasteiger partial charge in [-0.3, -0.25) is 4.79 Å². The van der Waals surface area contributed by atoms with Gasteiger partial charge in [-0.15, -0.1) is 0 Å². The lowest BCUT2D eigenvalue weighted by molar-refractivity contribution is -0.127. The predicted molar refractivity (Wildman–Crippen MR) is 82.0 cm³/mol. The van der Waals surface area contributed by atoms with Gasteiger partial charge in [-0.1, -0.05) is 12.1 Å². The van der Waals surface area contributed by atoms with E-state index < -0.39 is 6.10 Å². The van der Waals surface area contributed by atoms with Gasteiger partial charge in [0.25, 0.3) is 5.91 Å². The highest BCUT2D eigenvalue weighted by Crippen LogP contribution is 2.23. The molecule has 0 saturated heterocycles. The van der Waals surface area contributed by atoms with Gasteiger partial charge in [-0.25, -0.2) is 0 Å². The maximum Gasteiger partial charge on any atom is 0.260 e. The Kier molecular flexibility index (Phi) is 6.02. The molecule has 0 heterocycles. The maximum atomic E-state index is 11.8. The van der Waals surface area contributed by atoms with Crippen molar-refractivity contribution in [2.45, 2.75) is 52.8 Å². The molecule has 0 spiro atoms. The van der Waals surface area contributed by atoms with Gasteiger partial charge in [-0.05, 0) is 58.9 Å². The fourth-order valence-corrected chi connectivity index (χ4v) is 1.89. The van der Waals surface area contributed by atoms with E-state index in [0.717, 1.165) is 11.3 Å². The molecule has 2 unspecified atom stereocenters. The van der Waals surface area contributed by atoms with Crippen LogP contribution < -0.4 is 15.4 Å². The Hall–Kier alpha value is -1.55. The predicted octanol–water partition coefficient (Wildman–Crippen LogP) is 2.57. The van der Waals surface area contributed by atoms with Crippen molar-refractivity contribution < 1.29 is 9.53 Å². The Morgan fingerprint density at radius 2 is 1.85 bits per heavy atom. The molecule has 0 aromatic heterocycles. The number of ether oxygens (including phenoxy) is 1. The fraction of sp³-hybridized carbons (Fsp3) is 0.562. The first-order chi connectivity index (χ1) is 9.35. The molecule has 20 heavy (non-hydrogen) atoms. The number of carbonyl (C=O) groups excluding carboxylic acids is 1. The third-order valence-electron chi connectivity index (χ3n) is 3.24. The largest absolute Gasteiger partial charge is 0.481 e. The Labute approximate surface area is 121 Å². The van der Waals surface area contributed by atoms with Crippen LogP contribution in [0, 0.1) is 6.92 Å². The highest BCUT2D eigenvalue weighted by Gasteiger charge is 2.16. The van der Waals surface area contributed by atoms with E-state index >= 15 is 0 Å². The monoisotopic (exact) mass is 278 g/mol. The molecule has 0 radical (unpaired) electrons. The van der Waals surface area contributed by atoms with Crippen molar-refractivity contribution in [1.29, 1.82) is 0 Å². The van der Waals surface area contributed by atoms with E-state index in [9.17, 15) is 4.79 Å². The molecule has 1 amide bonds. The van der Waals surface area contributed by atoms with Crippen molar-refractivity contribution in [3.8, 4) is 5.75 Å². The molecule has 1 aromatic rings. The second kappa shape index (κ2) is 7.29. The normalized spacial score (nSPS) is 13.9. The van der Waals surface area contributed by atoms with Crippen LogP contribution in [0.5, 0.6) is 5.75 Å². The SMILES string of the molecule is CNC(C)c1ccc(OC(C)C(=O)NC(C)C)c(C)c1. The van der Waals surface area contributed by atoms with Crippen molar-refractivity contribution in [3.63, 3.8) is 0 Å². The highest BCUT2D eigenvalue weighted by molar-refractivity contribution is 5.80. The topological polar surface area (TPSA) is 50.4 Å². The van der Waals surface area contributed by atoms with E-state index in [1.165, 1.54) is 5.56 Å². The van der Waals surface area contributed by atoms with Crippen molar-refractivity contribution >= 4 is 5.91 Å². The average Bonchev–Trinajstić information content (AvgIpc) is 2.39. The Balaban J connectivity index is 2.76. The van der Waals surface area contributed by atoms with Crippen LogP contribution in [-0.4, -0.2) is 25.1 Å². The number of aryl methyl sites for hydroxylation is 1. The third kappa shape index (κ3) is 4.53. The molecular formula is C16H26N2O2. The highest BCUT2D eigenvalue weighted by atomic mass is 16.5. The molecule has 2 atom stereocenters. The van der Waals surface area contributed by atoms with Crippen molar-refractivity contribution in [2.24, 2.45) is 0 Å². The summed E-state index contributed by atoms with van der Waals surface area (Å²) in [7, 11) is 1.93. The first-order valence-corrected chi connectivity index (χ1v) is 7.10. The van der Waals surface area contributed by atoms with E-state index in [2.05, 4.69) is 23.6 Å². The fourth-order valence-electron chi connectivity index (χ4n) is 1.89. The van der Waals surface area contributed by atoms with E-state index in [-0.39, 0.29) is 11.9 Å². The quantitative estimate of drug-likeness (QED) is 0.841. The molecule has 0 aliphatic heterocycles. The first kappa shape index (κ1) is 16.5. The van der Waals surface area contributed by atoms with Crippen LogP contribution in [0.25, 0.3) is 0 Å². The Morgan fingerprint density at radius 1 is 1.20 bits per heavy atom. The second-order valence-corrected chi connectivity index (χ2v) is 5.46. The summed E-state index contributed by atoms with van der Waals surface area (Å²) in [5.74, 6) is 0.663. The van der Waals surface area contributed by atoms with Gasteiger partial charge in [0, 0.05) is 12.1 Å². The number of carbonyl (C=O) groups is 1. The molecule has 0 aliphatic rings. The summed E-state index contributed by atoms with van der Waals surface area (Å²) in [6.07, 6.45) is -0.497. The zero-order valence-electron chi connectivity index (χ0n) is 13.3. The summed E-state index contributed by atoms with van der Waals surface area (Å²) < 4.78 is 5.74. The number of hydrogen-bond donors (Lipinski definition) is 2. The molecule has 1 aromatic carbocycles. The van der Waals surface area contributed by atoms with Crippen LogP contribution in [0.4, 0.5) is 0 Å². The number of rotatable bonds is 6. The minimum absolute atomic E-state index is 0.0907. The molecule has 0 aliphatic carbocycles. The van der Waals surface area contributed by atoms with Crippen LogP contribution in [-0.2, 0) is 4.79 Å². The van der Waals surface area contributed by atoms with Gasteiger partial charge in [0.15, 0.2) is 6.10 Å². The first-order valence-electron chi connectivity index (χ1n) is 7.10. The Morgan fingerprint density at radius 3 is 2.35 bits per heavy atom. The molecule has 112 valence electrons. The molecule has 0 bridgehead atoms. The van der Waals surface area contributed by atoms with E-state index in [1.807, 2.05) is 40.0 Å². The summed E-state index contributed by atoms with van der Waals surface area (Å²) in [5.41, 5.74) is 2.24. The molecule has 2 N–H and O–H groups in total. The molecular weight excluding hydrogens is 252 g/mol. The van der Waals surface area contributed by atoms with Crippen LogP contribution in [0.2, 0.25) is 0 Å². The maximum absolute atomic E-state index is 11.8. The molecule has 0 fully saturated rings. The van der Waals surface area contributed by atoms with E-state index in [0.29, 0.717) is 6.04 Å². The second-order valence-electron chi connectivity index (χ2n) is 5.46. The van der Waals surface area contributed by atoms with Gasteiger partial charge in [0.05, 0.1) is 0 Å². The average molecular weight is 278 g/mol. The lowest BCUT2D eigenvalue weighted by Crippen LogP contribution is -2.40. The summed E-state index contributed by atoms with van der Waals surface area (Å²) in [6, 6.07) is 6.45. The number of hydrogen-bond acceptors (Lipinski definition) is 3. The van der Waals surface area contributed by atoms with Gasteiger partial charge >= 0.3 is 0 Å². The molecule has 4 heteroatoms. The summed E-state index contributed by atoms with van der Waals surface area (Å²) in [6.45, 7) is 9.73.